The molecule has 9 atom stereocenters. The van der Waals surface area contributed by atoms with E-state index in [4.69, 9.17) is 20.2 Å². The molecule has 10 rings (SSSR count). The monoisotopic (exact) mass is 762 g/mol. The number of aliphatic imine (C=N–C) groups is 2. The number of carbonyl (C=O) groups is 1. The largest absolute Gasteiger partial charge is 0.465 e. The number of fused-ring (bicyclic) bond motifs is 6. The molecule has 2 aromatic carbocycles. The number of aryl methyl sites for hydroxylation is 1. The Kier molecular flexibility index (Phi) is 9.24. The van der Waals surface area contributed by atoms with Gasteiger partial charge in [0.2, 0.25) is 0 Å². The van der Waals surface area contributed by atoms with Crippen molar-refractivity contribution in [1.29, 1.82) is 0 Å². The number of aliphatic hydroxyl groups is 2. The number of hydrogen-bond acceptors (Lipinski definition) is 9. The topological polar surface area (TPSA) is 130 Å². The van der Waals surface area contributed by atoms with Crippen LogP contribution >= 0.6 is 0 Å². The molecule has 57 heavy (non-hydrogen) atoms. The Bertz CT molecular complexity index is 2290. The normalized spacial score (nSPS) is 31.3. The number of allylic oxidation sites excluding steroid dienone is 2. The smallest absolute Gasteiger partial charge is 0.187 e. The van der Waals surface area contributed by atoms with Gasteiger partial charge in [0.05, 0.1) is 23.1 Å². The molecule has 3 aliphatic carbocycles. The van der Waals surface area contributed by atoms with E-state index in [0.29, 0.717) is 36.8 Å². The molecule has 4 N–H and O–H groups in total. The van der Waals surface area contributed by atoms with Gasteiger partial charge in [-0.25, -0.2) is 0 Å². The number of hydrogen-bond donors (Lipinski definition) is 3. The van der Waals surface area contributed by atoms with Gasteiger partial charge in [0, 0.05) is 61.3 Å². The molecule has 9 heteroatoms. The molecule has 292 valence electrons. The third kappa shape index (κ3) is 6.45. The van der Waals surface area contributed by atoms with Gasteiger partial charge in [0.15, 0.2) is 17.7 Å². The lowest BCUT2D eigenvalue weighted by Crippen LogP contribution is -2.47. The number of benzene rings is 2. The first kappa shape index (κ1) is 36.4. The second-order valence-electron chi connectivity index (χ2n) is 17.5. The van der Waals surface area contributed by atoms with Gasteiger partial charge in [-0.15, -0.1) is 0 Å². The highest BCUT2D eigenvalue weighted by molar-refractivity contribution is 5.90. The Morgan fingerprint density at radius 2 is 1.91 bits per heavy atom. The molecular formula is C48H50N4O5. The molecule has 5 heterocycles. The number of nitrogens with zero attached hydrogens (tertiary/aromatic N) is 3. The molecule has 0 saturated heterocycles. The average molecular weight is 763 g/mol. The van der Waals surface area contributed by atoms with Crippen molar-refractivity contribution in [3.05, 3.63) is 93.3 Å². The van der Waals surface area contributed by atoms with E-state index in [-0.39, 0.29) is 30.0 Å². The number of ketones is 1. The zero-order chi connectivity index (χ0) is 38.8. The first-order valence-electron chi connectivity index (χ1n) is 21.0. The highest BCUT2D eigenvalue weighted by Gasteiger charge is 2.49. The number of aliphatic hydroxyl groups excluding tert-OH is 2. The van der Waals surface area contributed by atoms with Gasteiger partial charge in [0.1, 0.15) is 24.2 Å². The maximum Gasteiger partial charge on any atom is 0.187 e. The highest BCUT2D eigenvalue weighted by atomic mass is 16.5. The number of nitrogens with two attached hydrogens (primary N) is 1. The Morgan fingerprint density at radius 1 is 1.05 bits per heavy atom. The fourth-order valence-electron chi connectivity index (χ4n) is 10.8. The van der Waals surface area contributed by atoms with Crippen molar-refractivity contribution < 1.29 is 24.5 Å². The average Bonchev–Trinajstić information content (AvgIpc) is 3.96. The lowest BCUT2D eigenvalue weighted by Gasteiger charge is -2.40. The Labute approximate surface area is 334 Å². The molecule has 0 radical (unpaired) electrons. The van der Waals surface area contributed by atoms with Gasteiger partial charge in [-0.3, -0.25) is 14.8 Å². The van der Waals surface area contributed by atoms with Crippen LogP contribution in [0.25, 0.3) is 0 Å². The van der Waals surface area contributed by atoms with E-state index in [9.17, 15) is 15.0 Å². The first-order valence-corrected chi connectivity index (χ1v) is 21.0. The van der Waals surface area contributed by atoms with Crippen LogP contribution in [0.2, 0.25) is 0 Å². The van der Waals surface area contributed by atoms with Crippen LogP contribution in [0.1, 0.15) is 123 Å². The number of Topliss-reactive ketones (excluding diaryl/α,β-unsaturated/α-hetero) is 1. The van der Waals surface area contributed by atoms with Crippen LogP contribution in [-0.4, -0.2) is 52.2 Å². The molecule has 2 aromatic rings. The second-order valence-corrected chi connectivity index (χ2v) is 17.5. The van der Waals surface area contributed by atoms with Crippen molar-refractivity contribution in [2.24, 2.45) is 38.9 Å². The van der Waals surface area contributed by atoms with Crippen LogP contribution in [0.5, 0.6) is 11.5 Å². The summed E-state index contributed by atoms with van der Waals surface area (Å²) in [5, 5.41) is 23.0. The van der Waals surface area contributed by atoms with Crippen LogP contribution in [0, 0.1) is 47.0 Å². The Hall–Kier alpha value is -4.93. The van der Waals surface area contributed by atoms with Gasteiger partial charge in [-0.2, -0.15) is 0 Å². The lowest BCUT2D eigenvalue weighted by molar-refractivity contribution is -0.121. The fourth-order valence-corrected chi connectivity index (χ4v) is 10.8. The van der Waals surface area contributed by atoms with E-state index < -0.39 is 35.9 Å². The summed E-state index contributed by atoms with van der Waals surface area (Å²) in [5.41, 5.74) is 14.4. The molecule has 9 nitrogen and oxygen atoms in total. The van der Waals surface area contributed by atoms with E-state index in [1.807, 2.05) is 42.8 Å². The standard InChI is InChI=1S/C48H50N4O5/c1-28-4-8-30(9-5-28)41(55)23-32(53)11-6-29-7-17-42-43(22-29)57-47-38(48(20-21-56-42)18-2-3-19-48)15-16-40(54)34-13-14-35-44-31(24-51-46(35)49)10-12-33(45(34)44)36-25-50-39-27-52(47)26-37(36)39/h4,7-8,13-14,17,22,24-25,27-28,30-31,33,38,40-41,46-47,54-55H,2-3,5-6,9-12,18-19,23,26,49H2,1H3/t28-,30+,31+,33-,38-,40+,41+,46+,47-/m1/s1. The summed E-state index contributed by atoms with van der Waals surface area (Å²) in [4.78, 5) is 25.0. The number of ether oxygens (including phenoxy) is 2. The molecule has 8 aliphatic rings. The fraction of sp³-hybridized carbons (Fsp3) is 0.479. The molecular weight excluding hydrogens is 713 g/mol. The lowest BCUT2D eigenvalue weighted by atomic mass is 9.68. The van der Waals surface area contributed by atoms with Crippen molar-refractivity contribution in [3.63, 3.8) is 0 Å². The minimum Gasteiger partial charge on any atom is -0.465 e. The van der Waals surface area contributed by atoms with Crippen LogP contribution in [0.4, 0.5) is 0 Å². The Morgan fingerprint density at radius 3 is 2.75 bits per heavy atom. The van der Waals surface area contributed by atoms with Crippen molar-refractivity contribution in [2.75, 3.05) is 6.54 Å². The molecule has 0 unspecified atom stereocenters. The summed E-state index contributed by atoms with van der Waals surface area (Å²) in [6.07, 6.45) is 19.2. The third-order valence-electron chi connectivity index (χ3n) is 13.9. The summed E-state index contributed by atoms with van der Waals surface area (Å²) in [7, 11) is 0. The van der Waals surface area contributed by atoms with Gasteiger partial charge in [-0.05, 0) is 96.4 Å². The van der Waals surface area contributed by atoms with Crippen LogP contribution in [-0.2, 0) is 11.2 Å². The molecule has 0 aromatic heterocycles. The molecule has 1 spiro atoms. The van der Waals surface area contributed by atoms with Crippen molar-refractivity contribution in [2.45, 2.75) is 114 Å². The summed E-state index contributed by atoms with van der Waals surface area (Å²) >= 11 is 0. The molecule has 1 fully saturated rings. The molecule has 5 aliphatic heterocycles. The van der Waals surface area contributed by atoms with Crippen LogP contribution < -0.4 is 15.2 Å². The van der Waals surface area contributed by atoms with Gasteiger partial charge < -0.3 is 30.3 Å². The summed E-state index contributed by atoms with van der Waals surface area (Å²) < 4.78 is 13.3. The first-order chi connectivity index (χ1) is 27.7. The van der Waals surface area contributed by atoms with Gasteiger partial charge in [-0.1, -0.05) is 67.9 Å². The molecule has 0 amide bonds. The zero-order valence-corrected chi connectivity index (χ0v) is 32.5. The third-order valence-corrected chi connectivity index (χ3v) is 13.9. The number of rotatable bonds is 6. The minimum absolute atomic E-state index is 0.0324. The van der Waals surface area contributed by atoms with Crippen molar-refractivity contribution in [3.8, 4) is 35.4 Å². The van der Waals surface area contributed by atoms with Crippen molar-refractivity contribution >= 4 is 18.2 Å². The van der Waals surface area contributed by atoms with E-state index in [2.05, 4.69) is 59.0 Å². The maximum atomic E-state index is 13.1. The highest BCUT2D eigenvalue weighted by Crippen LogP contribution is 2.53. The molecule has 2 bridgehead atoms. The van der Waals surface area contributed by atoms with Gasteiger partial charge >= 0.3 is 0 Å². The van der Waals surface area contributed by atoms with Gasteiger partial charge in [0.25, 0.3) is 0 Å². The maximum absolute atomic E-state index is 13.1. The molecule has 1 saturated carbocycles. The van der Waals surface area contributed by atoms with Crippen LogP contribution in [0.3, 0.4) is 0 Å². The SMILES string of the molecule is C[C@@H]1C=C[C@H]([C@@H](O)CC(=O)CCc2ccc3c(c2)O[C@@H]2[C@@H](C#C[C@H](O)c4ccc5c6c4[C@H](CC[C@H]6C=N[C@@H]5N)C4=C5CN2C=C5N=C4)C2(C#CO3)CCCC2)CC1. The van der Waals surface area contributed by atoms with E-state index in [1.54, 1.807) is 0 Å². The number of carbonyl (C=O) groups excluding carboxylic acids is 1. The van der Waals surface area contributed by atoms with E-state index >= 15 is 0 Å². The summed E-state index contributed by atoms with van der Waals surface area (Å²) in [6, 6.07) is 9.86. The van der Waals surface area contributed by atoms with E-state index in [0.717, 1.165) is 79.3 Å². The predicted molar refractivity (Wildman–Crippen MR) is 218 cm³/mol. The predicted octanol–water partition coefficient (Wildman–Crippen LogP) is 7.07. The Balaban J connectivity index is 1.01. The second kappa shape index (κ2) is 14.5. The zero-order valence-electron chi connectivity index (χ0n) is 32.5. The minimum atomic E-state index is -1.03. The summed E-state index contributed by atoms with van der Waals surface area (Å²) in [6.45, 7) is 2.78. The van der Waals surface area contributed by atoms with Crippen molar-refractivity contribution in [1.82, 2.24) is 4.90 Å². The summed E-state index contributed by atoms with van der Waals surface area (Å²) in [5.74, 6) is 12.0. The van der Waals surface area contributed by atoms with E-state index in [1.165, 1.54) is 16.7 Å². The quantitative estimate of drug-likeness (QED) is 0.212. The van der Waals surface area contributed by atoms with Crippen LogP contribution in [0.15, 0.2) is 75.5 Å².